The summed E-state index contributed by atoms with van der Waals surface area (Å²) in [5.74, 6) is -1.46. The lowest BCUT2D eigenvalue weighted by molar-refractivity contribution is -0.161. The Hall–Kier alpha value is -2.30. The molecule has 0 aromatic heterocycles. The van der Waals surface area contributed by atoms with Gasteiger partial charge in [0.05, 0.1) is 19.8 Å². The largest absolute Gasteiger partial charge is 0.472 e. The molecule has 0 radical (unpaired) electrons. The van der Waals surface area contributed by atoms with Gasteiger partial charge in [0.1, 0.15) is 12.7 Å². The van der Waals surface area contributed by atoms with Crippen molar-refractivity contribution in [2.75, 3.05) is 26.4 Å². The monoisotopic (exact) mass is 1090 g/mol. The number of aliphatic hydroxyl groups is 1. The molecule has 0 aliphatic heterocycles. The molecule has 0 aromatic rings. The topological polar surface area (TPSA) is 155 Å². The molecule has 76 heavy (non-hydrogen) atoms. The molecule has 0 aliphatic rings. The van der Waals surface area contributed by atoms with Gasteiger partial charge >= 0.3 is 25.7 Å². The lowest BCUT2D eigenvalue weighted by atomic mass is 10.1. The van der Waals surface area contributed by atoms with Crippen molar-refractivity contribution in [2.45, 2.75) is 328 Å². The van der Waals surface area contributed by atoms with Crippen LogP contribution in [0.25, 0.3) is 0 Å². The number of phosphoric ester groups is 1. The van der Waals surface area contributed by atoms with Gasteiger partial charge in [-0.3, -0.25) is 23.4 Å². The fraction of sp³-hybridized carbons (Fsp3) is 0.859. The number of carbonyl (C=O) groups is 3. The van der Waals surface area contributed by atoms with Crippen molar-refractivity contribution in [3.05, 3.63) is 36.5 Å². The van der Waals surface area contributed by atoms with Crippen LogP contribution in [0.15, 0.2) is 36.5 Å². The Morgan fingerprint density at radius 1 is 0.355 bits per heavy atom. The maximum atomic E-state index is 12.9. The van der Waals surface area contributed by atoms with Crippen molar-refractivity contribution < 1.29 is 52.2 Å². The summed E-state index contributed by atoms with van der Waals surface area (Å²) in [6.07, 6.45) is 62.3. The van der Waals surface area contributed by atoms with Crippen molar-refractivity contribution in [1.29, 1.82) is 0 Å². The van der Waals surface area contributed by atoms with E-state index in [1.54, 1.807) is 0 Å². The zero-order valence-electron chi connectivity index (χ0n) is 49.5. The van der Waals surface area contributed by atoms with E-state index >= 15 is 0 Å². The fourth-order valence-corrected chi connectivity index (χ4v) is 9.89. The van der Waals surface area contributed by atoms with Gasteiger partial charge in [0.2, 0.25) is 0 Å². The van der Waals surface area contributed by atoms with Crippen LogP contribution in [0.5, 0.6) is 0 Å². The van der Waals surface area contributed by atoms with E-state index in [-0.39, 0.29) is 25.9 Å². The maximum Gasteiger partial charge on any atom is 0.472 e. The van der Waals surface area contributed by atoms with Gasteiger partial charge in [-0.25, -0.2) is 4.57 Å². The number of hydrogen-bond donors (Lipinski definition) is 2. The van der Waals surface area contributed by atoms with Gasteiger partial charge in [0.15, 0.2) is 6.10 Å². The SMILES string of the molecule is CCCCCCCC/C=C\CCCCCCCCCCCC(=O)OC(COC(=O)CCCCCCC/C=C\CCCCCCCC)COP(=O)(O)OCC(CO)OC(=O)CCCCCCC/C=C\CCCCCCCC. The van der Waals surface area contributed by atoms with Crippen LogP contribution in [0.2, 0.25) is 0 Å². The highest BCUT2D eigenvalue weighted by molar-refractivity contribution is 7.47. The third-order valence-electron chi connectivity index (χ3n) is 14.0. The molecule has 0 bridgehead atoms. The van der Waals surface area contributed by atoms with Gasteiger partial charge in [0.25, 0.3) is 0 Å². The summed E-state index contributed by atoms with van der Waals surface area (Å²) in [5.41, 5.74) is 0. The molecule has 0 heterocycles. The molecular formula is C64H119O11P. The zero-order chi connectivity index (χ0) is 55.5. The predicted molar refractivity (Wildman–Crippen MR) is 316 cm³/mol. The van der Waals surface area contributed by atoms with Crippen LogP contribution in [0.3, 0.4) is 0 Å². The van der Waals surface area contributed by atoms with Gasteiger partial charge in [-0.05, 0) is 96.3 Å². The molecule has 3 unspecified atom stereocenters. The Balaban J connectivity index is 4.69. The number of carbonyl (C=O) groups excluding carboxylic acids is 3. The van der Waals surface area contributed by atoms with E-state index in [0.717, 1.165) is 96.3 Å². The average molecular weight is 1100 g/mol. The Labute approximate surface area is 467 Å². The minimum atomic E-state index is -4.75. The average Bonchev–Trinajstić information content (AvgIpc) is 3.41. The van der Waals surface area contributed by atoms with Gasteiger partial charge in [-0.15, -0.1) is 0 Å². The molecule has 0 aromatic carbocycles. The number of rotatable bonds is 60. The van der Waals surface area contributed by atoms with Crippen molar-refractivity contribution in [3.63, 3.8) is 0 Å². The number of aliphatic hydroxyl groups excluding tert-OH is 1. The lowest BCUT2D eigenvalue weighted by Crippen LogP contribution is -2.30. The number of ether oxygens (including phenoxy) is 3. The van der Waals surface area contributed by atoms with Crippen LogP contribution >= 0.6 is 7.82 Å². The number of phosphoric acid groups is 1. The van der Waals surface area contributed by atoms with Crippen LogP contribution in [0.4, 0.5) is 0 Å². The lowest BCUT2D eigenvalue weighted by Gasteiger charge is -2.21. The predicted octanol–water partition coefficient (Wildman–Crippen LogP) is 19.2. The van der Waals surface area contributed by atoms with Crippen molar-refractivity contribution >= 4 is 25.7 Å². The summed E-state index contributed by atoms with van der Waals surface area (Å²) in [5, 5.41) is 9.84. The Morgan fingerprint density at radius 3 is 0.908 bits per heavy atom. The first kappa shape index (κ1) is 73.7. The molecule has 3 atom stereocenters. The molecule has 0 spiro atoms. The molecule has 2 N–H and O–H groups in total. The molecule has 0 rings (SSSR count). The highest BCUT2D eigenvalue weighted by Gasteiger charge is 2.28. The molecule has 12 heteroatoms. The third-order valence-corrected chi connectivity index (χ3v) is 15.0. The van der Waals surface area contributed by atoms with Gasteiger partial charge in [0, 0.05) is 19.3 Å². The summed E-state index contributed by atoms with van der Waals surface area (Å²) in [6.45, 7) is 4.67. The summed E-state index contributed by atoms with van der Waals surface area (Å²) < 4.78 is 39.6. The minimum absolute atomic E-state index is 0.166. The van der Waals surface area contributed by atoms with Crippen molar-refractivity contribution in [3.8, 4) is 0 Å². The first-order valence-corrected chi connectivity index (χ1v) is 33.4. The van der Waals surface area contributed by atoms with Crippen LogP contribution in [0.1, 0.15) is 316 Å². The second kappa shape index (κ2) is 58.8. The zero-order valence-corrected chi connectivity index (χ0v) is 50.4. The maximum absolute atomic E-state index is 12.9. The Morgan fingerprint density at radius 2 is 0.605 bits per heavy atom. The number of hydrogen-bond acceptors (Lipinski definition) is 10. The van der Waals surface area contributed by atoms with Crippen LogP contribution in [-0.4, -0.2) is 66.5 Å². The highest BCUT2D eigenvalue weighted by atomic mass is 31.2. The molecule has 11 nitrogen and oxygen atoms in total. The first-order valence-electron chi connectivity index (χ1n) is 31.9. The molecular weight excluding hydrogens is 976 g/mol. The smallest absolute Gasteiger partial charge is 0.462 e. The second-order valence-electron chi connectivity index (χ2n) is 21.6. The van der Waals surface area contributed by atoms with Gasteiger partial charge in [-0.1, -0.05) is 237 Å². The molecule has 0 aliphatic carbocycles. The summed E-state index contributed by atoms with van der Waals surface area (Å²) in [4.78, 5) is 48.7. The first-order chi connectivity index (χ1) is 37.2. The molecule has 0 saturated heterocycles. The van der Waals surface area contributed by atoms with Crippen molar-refractivity contribution in [2.24, 2.45) is 0 Å². The van der Waals surface area contributed by atoms with E-state index in [1.807, 2.05) is 0 Å². The molecule has 0 saturated carbocycles. The van der Waals surface area contributed by atoms with E-state index < -0.39 is 57.8 Å². The standard InChI is InChI=1S/C64H119O11P/c1-4-7-10-13-16-19-22-25-28-29-30-31-34-37-40-43-46-49-52-55-64(68)75-61(57-71-62(66)53-50-47-44-41-38-35-32-26-23-20-17-14-11-8-5-2)59-73-76(69,70)72-58-60(56-65)74-63(67)54-51-48-45-42-39-36-33-27-24-21-18-15-12-9-6-3/h25-28,32-33,60-61,65H,4-24,29-31,34-59H2,1-3H3,(H,69,70)/b28-25-,32-26-,33-27-. The summed E-state index contributed by atoms with van der Waals surface area (Å²) in [6, 6.07) is 0. The second-order valence-corrected chi connectivity index (χ2v) is 23.0. The normalized spacial score (nSPS) is 13.5. The molecule has 0 amide bonds. The van der Waals surface area contributed by atoms with Crippen molar-refractivity contribution in [1.82, 2.24) is 0 Å². The van der Waals surface area contributed by atoms with E-state index in [2.05, 4.69) is 57.2 Å². The van der Waals surface area contributed by atoms with Crippen LogP contribution in [0, 0.1) is 0 Å². The fourth-order valence-electron chi connectivity index (χ4n) is 9.11. The molecule has 446 valence electrons. The van der Waals surface area contributed by atoms with Crippen LogP contribution < -0.4 is 0 Å². The van der Waals surface area contributed by atoms with Gasteiger partial charge in [-0.2, -0.15) is 0 Å². The molecule has 0 fully saturated rings. The van der Waals surface area contributed by atoms with E-state index in [0.29, 0.717) is 19.3 Å². The highest BCUT2D eigenvalue weighted by Crippen LogP contribution is 2.43. The number of unbranched alkanes of at least 4 members (excludes halogenated alkanes) is 37. The summed E-state index contributed by atoms with van der Waals surface area (Å²) >= 11 is 0. The Kier molecular flexibility index (Phi) is 57.1. The van der Waals surface area contributed by atoms with E-state index in [9.17, 15) is 28.9 Å². The van der Waals surface area contributed by atoms with Crippen LogP contribution in [-0.2, 0) is 42.2 Å². The van der Waals surface area contributed by atoms with Gasteiger partial charge < -0.3 is 24.2 Å². The minimum Gasteiger partial charge on any atom is -0.462 e. The Bertz CT molecular complexity index is 1420. The third kappa shape index (κ3) is 56.4. The van der Waals surface area contributed by atoms with E-state index in [1.165, 1.54) is 161 Å². The quantitative estimate of drug-likeness (QED) is 0.0197. The van der Waals surface area contributed by atoms with E-state index in [4.69, 9.17) is 23.3 Å². The summed E-state index contributed by atoms with van der Waals surface area (Å²) in [7, 11) is -4.75. The number of allylic oxidation sites excluding steroid dienone is 6. The number of esters is 3.